The Morgan fingerprint density at radius 2 is 1.63 bits per heavy atom. The lowest BCUT2D eigenvalue weighted by Crippen LogP contribution is -2.55. The maximum Gasteiger partial charge on any atom is 0.264 e. The van der Waals surface area contributed by atoms with Crippen LogP contribution in [0.3, 0.4) is 0 Å². The molecule has 0 unspecified atom stereocenters. The van der Waals surface area contributed by atoms with Gasteiger partial charge in [-0.15, -0.1) is 0 Å². The van der Waals surface area contributed by atoms with Crippen molar-refractivity contribution in [1.82, 2.24) is 10.2 Å². The number of amides is 2. The van der Waals surface area contributed by atoms with Crippen LogP contribution < -0.4 is 14.4 Å². The Bertz CT molecular complexity index is 1470. The predicted octanol–water partition coefficient (Wildman–Crippen LogP) is 5.23. The molecule has 0 spiro atoms. The molecule has 0 aromatic heterocycles. The molecule has 41 heavy (non-hydrogen) atoms. The lowest BCUT2D eigenvalue weighted by Gasteiger charge is -2.35. The topological polar surface area (TPSA) is 96.0 Å². The van der Waals surface area contributed by atoms with Crippen molar-refractivity contribution in [1.29, 1.82) is 0 Å². The van der Waals surface area contributed by atoms with Crippen LogP contribution in [0.4, 0.5) is 5.69 Å². The van der Waals surface area contributed by atoms with Gasteiger partial charge < -0.3 is 15.0 Å². The molecule has 2 amide bonds. The number of ether oxygens (including phenoxy) is 1. The van der Waals surface area contributed by atoms with Crippen molar-refractivity contribution in [3.63, 3.8) is 0 Å². The molecule has 220 valence electrons. The second-order valence-corrected chi connectivity index (χ2v) is 13.0. The van der Waals surface area contributed by atoms with E-state index in [1.54, 1.807) is 43.5 Å². The zero-order chi connectivity index (χ0) is 30.4. The van der Waals surface area contributed by atoms with Gasteiger partial charge in [-0.2, -0.15) is 0 Å². The summed E-state index contributed by atoms with van der Waals surface area (Å²) in [7, 11) is -2.56. The molecular formula is C32H41N3O5S. The first-order chi connectivity index (χ1) is 19.3. The van der Waals surface area contributed by atoms with Gasteiger partial charge in [0.05, 0.1) is 17.7 Å². The number of carbonyl (C=O) groups excluding carboxylic acids is 2. The van der Waals surface area contributed by atoms with Crippen molar-refractivity contribution >= 4 is 27.5 Å². The van der Waals surface area contributed by atoms with Crippen molar-refractivity contribution < 1.29 is 22.7 Å². The monoisotopic (exact) mass is 579 g/mol. The molecule has 0 aliphatic carbocycles. The zero-order valence-electron chi connectivity index (χ0n) is 25.0. The standard InChI is InChI=1S/C32H41N3O5S/c1-8-28(31(37)33-32(4,5)6)34(21-25-13-12-14-26(20-25)40-7)30(36)22-35(29-19-23(2)17-18-24(29)3)41(38,39)27-15-10-9-11-16-27/h9-20,28H,8,21-22H2,1-7H3,(H,33,37)/t28-/m1/s1. The number of nitrogens with zero attached hydrogens (tertiary/aromatic N) is 2. The zero-order valence-corrected chi connectivity index (χ0v) is 25.8. The Hall–Kier alpha value is -3.85. The average Bonchev–Trinajstić information content (AvgIpc) is 2.92. The SMILES string of the molecule is CC[C@H](C(=O)NC(C)(C)C)N(Cc1cccc(OC)c1)C(=O)CN(c1cc(C)ccc1C)S(=O)(=O)c1ccccc1. The van der Waals surface area contributed by atoms with Gasteiger partial charge in [-0.05, 0) is 88.1 Å². The highest BCUT2D eigenvalue weighted by Gasteiger charge is 2.35. The van der Waals surface area contributed by atoms with Gasteiger partial charge in [-0.3, -0.25) is 13.9 Å². The van der Waals surface area contributed by atoms with Gasteiger partial charge in [-0.1, -0.05) is 49.4 Å². The number of aryl methyl sites for hydroxylation is 2. The first kappa shape index (κ1) is 31.7. The number of anilines is 1. The van der Waals surface area contributed by atoms with E-state index in [2.05, 4.69) is 5.32 Å². The van der Waals surface area contributed by atoms with Gasteiger partial charge in [0, 0.05) is 12.1 Å². The highest BCUT2D eigenvalue weighted by molar-refractivity contribution is 7.92. The number of carbonyl (C=O) groups is 2. The normalized spacial score (nSPS) is 12.4. The molecule has 3 aromatic rings. The smallest absolute Gasteiger partial charge is 0.264 e. The second kappa shape index (κ2) is 13.2. The minimum absolute atomic E-state index is 0.0746. The lowest BCUT2D eigenvalue weighted by molar-refractivity contribution is -0.141. The van der Waals surface area contributed by atoms with E-state index in [9.17, 15) is 18.0 Å². The summed E-state index contributed by atoms with van der Waals surface area (Å²) in [5.74, 6) is -0.185. The number of nitrogens with one attached hydrogen (secondary N) is 1. The van der Waals surface area contributed by atoms with E-state index in [-0.39, 0.29) is 17.3 Å². The quantitative estimate of drug-likeness (QED) is 0.336. The maximum atomic E-state index is 14.2. The van der Waals surface area contributed by atoms with Gasteiger partial charge in [0.15, 0.2) is 0 Å². The number of hydrogen-bond donors (Lipinski definition) is 1. The molecule has 0 heterocycles. The molecule has 0 bridgehead atoms. The van der Waals surface area contributed by atoms with Gasteiger partial charge in [-0.25, -0.2) is 8.42 Å². The summed E-state index contributed by atoms with van der Waals surface area (Å²) in [6, 6.07) is 20.0. The number of rotatable bonds is 11. The van der Waals surface area contributed by atoms with E-state index in [0.717, 1.165) is 15.4 Å². The third-order valence-corrected chi connectivity index (χ3v) is 8.39. The molecule has 0 aliphatic rings. The molecule has 0 radical (unpaired) electrons. The predicted molar refractivity (Wildman–Crippen MR) is 162 cm³/mol. The summed E-state index contributed by atoms with van der Waals surface area (Å²) in [6.45, 7) is 10.8. The van der Waals surface area contributed by atoms with Crippen molar-refractivity contribution in [3.05, 3.63) is 89.5 Å². The number of hydrogen-bond acceptors (Lipinski definition) is 5. The molecule has 0 fully saturated rings. The first-order valence-electron chi connectivity index (χ1n) is 13.7. The van der Waals surface area contributed by atoms with Crippen molar-refractivity contribution in [2.24, 2.45) is 0 Å². The van der Waals surface area contributed by atoms with Gasteiger partial charge >= 0.3 is 0 Å². The Morgan fingerprint density at radius 3 is 2.24 bits per heavy atom. The van der Waals surface area contributed by atoms with Crippen molar-refractivity contribution in [2.75, 3.05) is 18.0 Å². The van der Waals surface area contributed by atoms with Crippen LogP contribution in [0.25, 0.3) is 0 Å². The molecule has 3 rings (SSSR count). The van der Waals surface area contributed by atoms with Crippen molar-refractivity contribution in [2.45, 2.75) is 71.0 Å². The highest BCUT2D eigenvalue weighted by Crippen LogP contribution is 2.29. The summed E-state index contributed by atoms with van der Waals surface area (Å²) in [6.07, 6.45) is 0.340. The van der Waals surface area contributed by atoms with Crippen LogP contribution in [-0.4, -0.2) is 50.4 Å². The molecular weight excluding hydrogens is 538 g/mol. The van der Waals surface area contributed by atoms with E-state index in [1.807, 2.05) is 65.8 Å². The number of benzene rings is 3. The van der Waals surface area contributed by atoms with Crippen molar-refractivity contribution in [3.8, 4) is 5.75 Å². The average molecular weight is 580 g/mol. The number of sulfonamides is 1. The van der Waals surface area contributed by atoms with E-state index in [1.165, 1.54) is 17.0 Å². The van der Waals surface area contributed by atoms with Crippen LogP contribution in [0.1, 0.15) is 50.8 Å². The second-order valence-electron chi connectivity index (χ2n) is 11.2. The molecule has 1 N–H and O–H groups in total. The number of methoxy groups -OCH3 is 1. The van der Waals surface area contributed by atoms with E-state index in [0.29, 0.717) is 23.4 Å². The van der Waals surface area contributed by atoms with Crippen LogP contribution >= 0.6 is 0 Å². The summed E-state index contributed by atoms with van der Waals surface area (Å²) in [4.78, 5) is 29.2. The molecule has 9 heteroatoms. The fourth-order valence-corrected chi connectivity index (χ4v) is 6.05. The minimum Gasteiger partial charge on any atom is -0.497 e. The molecule has 0 saturated heterocycles. The molecule has 0 saturated carbocycles. The van der Waals surface area contributed by atoms with Crippen LogP contribution in [-0.2, 0) is 26.2 Å². The summed E-state index contributed by atoms with van der Waals surface area (Å²) in [5, 5.41) is 2.98. The summed E-state index contributed by atoms with van der Waals surface area (Å²) < 4.78 is 34.6. The van der Waals surface area contributed by atoms with E-state index >= 15 is 0 Å². The Morgan fingerprint density at radius 1 is 0.951 bits per heavy atom. The minimum atomic E-state index is -4.12. The highest BCUT2D eigenvalue weighted by atomic mass is 32.2. The van der Waals surface area contributed by atoms with Crippen LogP contribution in [0, 0.1) is 13.8 Å². The Kier molecular flexibility index (Phi) is 10.2. The van der Waals surface area contributed by atoms with E-state index < -0.39 is 34.1 Å². The van der Waals surface area contributed by atoms with Gasteiger partial charge in [0.2, 0.25) is 11.8 Å². The maximum absolute atomic E-state index is 14.2. The first-order valence-corrected chi connectivity index (χ1v) is 15.1. The lowest BCUT2D eigenvalue weighted by atomic mass is 10.1. The van der Waals surface area contributed by atoms with Crippen LogP contribution in [0.2, 0.25) is 0 Å². The largest absolute Gasteiger partial charge is 0.497 e. The summed E-state index contributed by atoms with van der Waals surface area (Å²) >= 11 is 0. The fraction of sp³-hybridized carbons (Fsp3) is 0.375. The third kappa shape index (κ3) is 8.10. The summed E-state index contributed by atoms with van der Waals surface area (Å²) in [5.41, 5.74) is 2.21. The molecule has 1 atom stereocenters. The third-order valence-electron chi connectivity index (χ3n) is 6.61. The molecule has 8 nitrogen and oxygen atoms in total. The van der Waals surface area contributed by atoms with Gasteiger partial charge in [0.25, 0.3) is 10.0 Å². The van der Waals surface area contributed by atoms with Crippen LogP contribution in [0.5, 0.6) is 5.75 Å². The van der Waals surface area contributed by atoms with E-state index in [4.69, 9.17) is 4.74 Å². The van der Waals surface area contributed by atoms with Gasteiger partial charge in [0.1, 0.15) is 18.3 Å². The Labute approximate surface area is 244 Å². The molecule has 0 aliphatic heterocycles. The van der Waals surface area contributed by atoms with Crippen LogP contribution in [0.15, 0.2) is 77.7 Å². The Balaban J connectivity index is 2.11. The molecule has 3 aromatic carbocycles. The fourth-order valence-electron chi connectivity index (χ4n) is 4.56.